The lowest BCUT2D eigenvalue weighted by Gasteiger charge is -2.20. The molecule has 0 aromatic carbocycles. The maximum Gasteiger partial charge on any atom is 0.251 e. The molecule has 2 aromatic rings. The highest BCUT2D eigenvalue weighted by Gasteiger charge is 2.18. The third-order valence-corrected chi connectivity index (χ3v) is 4.50. The van der Waals surface area contributed by atoms with Crippen molar-refractivity contribution >= 4 is 0 Å². The lowest BCUT2D eigenvalue weighted by molar-refractivity contribution is 0.271. The smallest absolute Gasteiger partial charge is 0.251 e. The molecule has 2 aromatic heterocycles. The molecule has 0 N–H and O–H groups in total. The van der Waals surface area contributed by atoms with Crippen molar-refractivity contribution in [2.75, 3.05) is 20.2 Å². The Morgan fingerprint density at radius 3 is 2.92 bits per heavy atom. The van der Waals surface area contributed by atoms with Crippen LogP contribution in [-0.2, 0) is 25.9 Å². The quantitative estimate of drug-likeness (QED) is 0.789. The Balaban J connectivity index is 1.80. The highest BCUT2D eigenvalue weighted by atomic mass is 16.5. The standard InChI is InChI=1S/C19H23N3O2/c1-3-11-22-17-9-13-21(12-8-15(17)6-7-18(22)23)14-16-5-4-10-20-19(16)24-2/h3-7,10H,1,8-9,11-14H2,2H3. The molecule has 0 amide bonds. The summed E-state index contributed by atoms with van der Waals surface area (Å²) in [5.41, 5.74) is 3.55. The summed E-state index contributed by atoms with van der Waals surface area (Å²) in [4.78, 5) is 18.8. The van der Waals surface area contributed by atoms with Crippen LogP contribution in [0.15, 0.2) is 47.9 Å². The Hall–Kier alpha value is -2.40. The fourth-order valence-corrected chi connectivity index (χ4v) is 3.30. The molecule has 0 spiro atoms. The van der Waals surface area contributed by atoms with Crippen molar-refractivity contribution in [3.63, 3.8) is 0 Å². The van der Waals surface area contributed by atoms with Crippen molar-refractivity contribution < 1.29 is 4.74 Å². The molecular formula is C19H23N3O2. The van der Waals surface area contributed by atoms with Crippen LogP contribution in [-0.4, -0.2) is 34.7 Å². The van der Waals surface area contributed by atoms with Crippen molar-refractivity contribution in [1.82, 2.24) is 14.5 Å². The average molecular weight is 325 g/mol. The van der Waals surface area contributed by atoms with E-state index >= 15 is 0 Å². The van der Waals surface area contributed by atoms with Gasteiger partial charge >= 0.3 is 0 Å². The first kappa shape index (κ1) is 16.5. The number of nitrogens with zero attached hydrogens (tertiary/aromatic N) is 3. The van der Waals surface area contributed by atoms with E-state index in [-0.39, 0.29) is 5.56 Å². The second kappa shape index (κ2) is 7.45. The van der Waals surface area contributed by atoms with Crippen LogP contribution >= 0.6 is 0 Å². The van der Waals surface area contributed by atoms with Gasteiger partial charge < -0.3 is 9.30 Å². The van der Waals surface area contributed by atoms with Crippen molar-refractivity contribution in [3.05, 3.63) is 70.3 Å². The van der Waals surface area contributed by atoms with Crippen molar-refractivity contribution in [1.29, 1.82) is 0 Å². The van der Waals surface area contributed by atoms with Gasteiger partial charge in [-0.15, -0.1) is 6.58 Å². The van der Waals surface area contributed by atoms with Crippen LogP contribution < -0.4 is 10.3 Å². The molecule has 0 radical (unpaired) electrons. The van der Waals surface area contributed by atoms with E-state index in [0.717, 1.165) is 43.7 Å². The third kappa shape index (κ3) is 3.41. The van der Waals surface area contributed by atoms with Crippen LogP contribution in [0.4, 0.5) is 0 Å². The third-order valence-electron chi connectivity index (χ3n) is 4.50. The van der Waals surface area contributed by atoms with Crippen molar-refractivity contribution in [2.45, 2.75) is 25.9 Å². The van der Waals surface area contributed by atoms with Gasteiger partial charge in [0, 0.05) is 56.1 Å². The SMILES string of the molecule is C=CCn1c2c(ccc1=O)CCN(Cc1cccnc1OC)CC2. The van der Waals surface area contributed by atoms with Gasteiger partial charge in [0.2, 0.25) is 5.88 Å². The minimum absolute atomic E-state index is 0.0519. The van der Waals surface area contributed by atoms with Crippen molar-refractivity contribution in [3.8, 4) is 5.88 Å². The number of methoxy groups -OCH3 is 1. The number of fused-ring (bicyclic) bond motifs is 1. The molecule has 3 heterocycles. The van der Waals surface area contributed by atoms with Crippen LogP contribution in [0.2, 0.25) is 0 Å². The fraction of sp³-hybridized carbons (Fsp3) is 0.368. The van der Waals surface area contributed by atoms with Gasteiger partial charge in [0.15, 0.2) is 0 Å². The Kier molecular flexibility index (Phi) is 5.11. The highest BCUT2D eigenvalue weighted by molar-refractivity contribution is 5.27. The summed E-state index contributed by atoms with van der Waals surface area (Å²) in [5.74, 6) is 0.683. The number of allylic oxidation sites excluding steroid dienone is 1. The average Bonchev–Trinajstić information content (AvgIpc) is 2.81. The molecule has 0 saturated heterocycles. The van der Waals surface area contributed by atoms with E-state index in [4.69, 9.17) is 4.74 Å². The summed E-state index contributed by atoms with van der Waals surface area (Å²) in [6, 6.07) is 7.64. The number of pyridine rings is 2. The molecule has 0 atom stereocenters. The summed E-state index contributed by atoms with van der Waals surface area (Å²) in [6.07, 6.45) is 5.33. The van der Waals surface area contributed by atoms with Gasteiger partial charge in [-0.1, -0.05) is 18.2 Å². The van der Waals surface area contributed by atoms with Crippen LogP contribution in [0, 0.1) is 0 Å². The zero-order valence-electron chi connectivity index (χ0n) is 14.1. The molecule has 1 aliphatic heterocycles. The largest absolute Gasteiger partial charge is 0.481 e. The van der Waals surface area contributed by atoms with E-state index < -0.39 is 0 Å². The molecule has 5 nitrogen and oxygen atoms in total. The van der Waals surface area contributed by atoms with Gasteiger partial charge in [0.1, 0.15) is 0 Å². The summed E-state index contributed by atoms with van der Waals surface area (Å²) in [6.45, 7) is 7.00. The van der Waals surface area contributed by atoms with E-state index in [0.29, 0.717) is 12.4 Å². The molecule has 5 heteroatoms. The topological polar surface area (TPSA) is 47.4 Å². The first-order valence-electron chi connectivity index (χ1n) is 8.25. The second-order valence-corrected chi connectivity index (χ2v) is 5.99. The van der Waals surface area contributed by atoms with E-state index in [1.165, 1.54) is 5.56 Å². The van der Waals surface area contributed by atoms with E-state index in [1.807, 2.05) is 16.7 Å². The molecule has 24 heavy (non-hydrogen) atoms. The number of ether oxygens (including phenoxy) is 1. The first-order chi connectivity index (χ1) is 11.7. The van der Waals surface area contributed by atoms with E-state index in [1.54, 1.807) is 25.4 Å². The molecule has 126 valence electrons. The molecule has 3 rings (SSSR count). The van der Waals surface area contributed by atoms with Gasteiger partial charge in [-0.05, 0) is 18.1 Å². The maximum atomic E-state index is 12.1. The van der Waals surface area contributed by atoms with Crippen LogP contribution in [0.3, 0.4) is 0 Å². The van der Waals surface area contributed by atoms with Gasteiger partial charge in [-0.25, -0.2) is 4.98 Å². The predicted molar refractivity (Wildman–Crippen MR) is 94.4 cm³/mol. The summed E-state index contributed by atoms with van der Waals surface area (Å²) < 4.78 is 7.20. The molecule has 0 aliphatic carbocycles. The Morgan fingerprint density at radius 2 is 2.12 bits per heavy atom. The molecule has 0 fully saturated rings. The van der Waals surface area contributed by atoms with E-state index in [9.17, 15) is 4.79 Å². The minimum atomic E-state index is 0.0519. The molecule has 0 unspecified atom stereocenters. The number of aromatic nitrogens is 2. The van der Waals surface area contributed by atoms with Gasteiger partial charge in [0.25, 0.3) is 5.56 Å². The Labute approximate surface area is 142 Å². The van der Waals surface area contributed by atoms with E-state index in [2.05, 4.69) is 22.5 Å². The lowest BCUT2D eigenvalue weighted by Crippen LogP contribution is -2.27. The maximum absolute atomic E-state index is 12.1. The monoisotopic (exact) mass is 325 g/mol. The summed E-state index contributed by atoms with van der Waals surface area (Å²) in [5, 5.41) is 0. The first-order valence-corrected chi connectivity index (χ1v) is 8.25. The Bertz CT molecular complexity index is 782. The molecule has 0 saturated carbocycles. The molecule has 1 aliphatic rings. The lowest BCUT2D eigenvalue weighted by atomic mass is 10.1. The number of hydrogen-bond donors (Lipinski definition) is 0. The minimum Gasteiger partial charge on any atom is -0.481 e. The van der Waals surface area contributed by atoms with Gasteiger partial charge in [-0.3, -0.25) is 9.69 Å². The second-order valence-electron chi connectivity index (χ2n) is 5.99. The molecular weight excluding hydrogens is 302 g/mol. The highest BCUT2D eigenvalue weighted by Crippen LogP contribution is 2.20. The zero-order valence-corrected chi connectivity index (χ0v) is 14.1. The van der Waals surface area contributed by atoms with Crippen LogP contribution in [0.5, 0.6) is 5.88 Å². The van der Waals surface area contributed by atoms with Crippen molar-refractivity contribution in [2.24, 2.45) is 0 Å². The summed E-state index contributed by atoms with van der Waals surface area (Å²) in [7, 11) is 1.65. The predicted octanol–water partition coefficient (Wildman–Crippen LogP) is 2.04. The number of hydrogen-bond acceptors (Lipinski definition) is 4. The van der Waals surface area contributed by atoms with Crippen LogP contribution in [0.1, 0.15) is 16.8 Å². The molecule has 0 bridgehead atoms. The van der Waals surface area contributed by atoms with Crippen LogP contribution in [0.25, 0.3) is 0 Å². The normalized spacial score (nSPS) is 14.7. The van der Waals surface area contributed by atoms with Gasteiger partial charge in [-0.2, -0.15) is 0 Å². The number of rotatable bonds is 5. The summed E-state index contributed by atoms with van der Waals surface area (Å²) >= 11 is 0. The zero-order chi connectivity index (χ0) is 16.9. The van der Waals surface area contributed by atoms with Gasteiger partial charge in [0.05, 0.1) is 7.11 Å². The fourth-order valence-electron chi connectivity index (χ4n) is 3.30. The Morgan fingerprint density at radius 1 is 1.29 bits per heavy atom.